The molecule has 0 aliphatic carbocycles. The van der Waals surface area contributed by atoms with E-state index in [2.05, 4.69) is 0 Å². The van der Waals surface area contributed by atoms with Crippen LogP contribution in [-0.4, -0.2) is 76.5 Å². The Bertz CT molecular complexity index is 359. The second kappa shape index (κ2) is 7.61. The molecule has 1 fully saturated rings. The molecule has 0 radical (unpaired) electrons. The van der Waals surface area contributed by atoms with Gasteiger partial charge in [0.1, 0.15) is 6.61 Å². The van der Waals surface area contributed by atoms with Gasteiger partial charge in [-0.15, -0.1) is 0 Å². The number of aliphatic hydroxyl groups is 1. The minimum Gasteiger partial charge on any atom is -0.480 e. The zero-order chi connectivity index (χ0) is 16.0. The quantitative estimate of drug-likeness (QED) is 0.756. The van der Waals surface area contributed by atoms with Gasteiger partial charge in [0.25, 0.3) is 0 Å². The Morgan fingerprint density at radius 1 is 1.33 bits per heavy atom. The normalized spacial score (nSPS) is 16.9. The average Bonchev–Trinajstić information content (AvgIpc) is 2.41. The van der Waals surface area contributed by atoms with Crippen molar-refractivity contribution in [1.29, 1.82) is 0 Å². The smallest absolute Gasteiger partial charge is 0.329 e. The number of carboxylic acids is 1. The first-order chi connectivity index (χ1) is 9.73. The number of hydrogen-bond acceptors (Lipinski definition) is 4. The molecule has 1 saturated heterocycles. The maximum Gasteiger partial charge on any atom is 0.329 e. The van der Waals surface area contributed by atoms with Crippen LogP contribution >= 0.6 is 0 Å². The van der Waals surface area contributed by atoms with Crippen molar-refractivity contribution >= 4 is 12.0 Å². The second-order valence-electron chi connectivity index (χ2n) is 6.00. The topological polar surface area (TPSA) is 90.3 Å². The van der Waals surface area contributed by atoms with Gasteiger partial charge in [0.2, 0.25) is 0 Å². The Morgan fingerprint density at radius 2 is 1.90 bits per heavy atom. The Kier molecular flexibility index (Phi) is 6.42. The molecule has 0 atom stereocenters. The van der Waals surface area contributed by atoms with Gasteiger partial charge in [-0.05, 0) is 33.6 Å². The molecule has 7 nitrogen and oxygen atoms in total. The van der Waals surface area contributed by atoms with Crippen LogP contribution in [0.5, 0.6) is 0 Å². The second-order valence-corrected chi connectivity index (χ2v) is 6.00. The monoisotopic (exact) mass is 302 g/mol. The van der Waals surface area contributed by atoms with E-state index in [-0.39, 0.29) is 25.3 Å². The van der Waals surface area contributed by atoms with Crippen molar-refractivity contribution in [1.82, 2.24) is 9.80 Å². The molecule has 21 heavy (non-hydrogen) atoms. The standard InChI is InChI=1S/C14H26N2O5/c1-4-15(10-14(2,3)20)13(19)16-7-5-11(6-8-16)21-9-12(17)18/h11,20H,4-10H2,1-3H3,(H,17,18). The van der Waals surface area contributed by atoms with Crippen molar-refractivity contribution in [2.75, 3.05) is 32.8 Å². The van der Waals surface area contributed by atoms with Crippen LogP contribution in [0.15, 0.2) is 0 Å². The van der Waals surface area contributed by atoms with Gasteiger partial charge in [-0.3, -0.25) is 0 Å². The molecule has 2 N–H and O–H groups in total. The maximum absolute atomic E-state index is 12.4. The van der Waals surface area contributed by atoms with E-state index in [0.717, 1.165) is 0 Å². The molecule has 1 aliphatic heterocycles. The third-order valence-corrected chi connectivity index (χ3v) is 3.39. The van der Waals surface area contributed by atoms with Gasteiger partial charge in [-0.2, -0.15) is 0 Å². The Hall–Kier alpha value is -1.34. The van der Waals surface area contributed by atoms with Crippen LogP contribution in [0, 0.1) is 0 Å². The molecule has 2 amide bonds. The minimum atomic E-state index is -0.976. The number of rotatable bonds is 6. The van der Waals surface area contributed by atoms with E-state index in [9.17, 15) is 14.7 Å². The Balaban J connectivity index is 2.45. The number of nitrogens with zero attached hydrogens (tertiary/aromatic N) is 2. The summed E-state index contributed by atoms with van der Waals surface area (Å²) < 4.78 is 5.25. The van der Waals surface area contributed by atoms with E-state index >= 15 is 0 Å². The van der Waals surface area contributed by atoms with E-state index in [4.69, 9.17) is 9.84 Å². The highest BCUT2D eigenvalue weighted by Crippen LogP contribution is 2.16. The zero-order valence-corrected chi connectivity index (χ0v) is 13.0. The van der Waals surface area contributed by atoms with Gasteiger partial charge < -0.3 is 24.7 Å². The largest absolute Gasteiger partial charge is 0.480 e. The van der Waals surface area contributed by atoms with Gasteiger partial charge in [0, 0.05) is 19.6 Å². The van der Waals surface area contributed by atoms with Gasteiger partial charge in [0.05, 0.1) is 18.2 Å². The lowest BCUT2D eigenvalue weighted by atomic mass is 10.1. The first-order valence-corrected chi connectivity index (χ1v) is 7.32. The van der Waals surface area contributed by atoms with Crippen LogP contribution < -0.4 is 0 Å². The SMILES string of the molecule is CCN(CC(C)(C)O)C(=O)N1CCC(OCC(=O)O)CC1. The van der Waals surface area contributed by atoms with Gasteiger partial charge >= 0.3 is 12.0 Å². The van der Waals surface area contributed by atoms with Crippen LogP contribution in [0.3, 0.4) is 0 Å². The Labute approximate surface area is 125 Å². The van der Waals surface area contributed by atoms with E-state index in [1.165, 1.54) is 0 Å². The molecular formula is C14H26N2O5. The highest BCUT2D eigenvalue weighted by Gasteiger charge is 2.28. The number of ether oxygens (including phenoxy) is 1. The lowest BCUT2D eigenvalue weighted by Gasteiger charge is -2.37. The van der Waals surface area contributed by atoms with Crippen LogP contribution in [0.4, 0.5) is 4.79 Å². The number of carbonyl (C=O) groups excluding carboxylic acids is 1. The maximum atomic E-state index is 12.4. The third kappa shape index (κ3) is 6.31. The molecule has 0 spiro atoms. The lowest BCUT2D eigenvalue weighted by Crippen LogP contribution is -2.51. The van der Waals surface area contributed by atoms with Crippen LogP contribution in [-0.2, 0) is 9.53 Å². The van der Waals surface area contributed by atoms with Crippen molar-refractivity contribution in [3.8, 4) is 0 Å². The summed E-state index contributed by atoms with van der Waals surface area (Å²) in [4.78, 5) is 26.2. The van der Waals surface area contributed by atoms with Gasteiger partial charge in [0.15, 0.2) is 0 Å². The fourth-order valence-electron chi connectivity index (χ4n) is 2.38. The summed E-state index contributed by atoms with van der Waals surface area (Å²) in [6.07, 6.45) is 1.17. The van der Waals surface area contributed by atoms with Crippen LogP contribution in [0.25, 0.3) is 0 Å². The summed E-state index contributed by atoms with van der Waals surface area (Å²) in [7, 11) is 0. The molecule has 1 heterocycles. The van der Waals surface area contributed by atoms with E-state index in [1.807, 2.05) is 6.92 Å². The van der Waals surface area contributed by atoms with E-state index in [1.54, 1.807) is 23.6 Å². The van der Waals surface area contributed by atoms with Crippen LogP contribution in [0.1, 0.15) is 33.6 Å². The van der Waals surface area contributed by atoms with Gasteiger partial charge in [-0.1, -0.05) is 0 Å². The fraction of sp³-hybridized carbons (Fsp3) is 0.857. The van der Waals surface area contributed by atoms with E-state index in [0.29, 0.717) is 32.5 Å². The number of carboxylic acid groups (broad SMARTS) is 1. The number of piperidine rings is 1. The molecule has 122 valence electrons. The molecule has 0 saturated carbocycles. The molecule has 0 aromatic heterocycles. The summed E-state index contributed by atoms with van der Waals surface area (Å²) in [6.45, 7) is 6.86. The third-order valence-electron chi connectivity index (χ3n) is 3.39. The van der Waals surface area contributed by atoms with Crippen molar-refractivity contribution in [2.24, 2.45) is 0 Å². The summed E-state index contributed by atoms with van der Waals surface area (Å²) in [6, 6.07) is -0.0868. The summed E-state index contributed by atoms with van der Waals surface area (Å²) >= 11 is 0. The molecule has 7 heteroatoms. The first kappa shape index (κ1) is 17.7. The predicted octanol–water partition coefficient (Wildman–Crippen LogP) is 0.765. The minimum absolute atomic E-state index is 0.0868. The fourth-order valence-corrected chi connectivity index (χ4v) is 2.38. The van der Waals surface area contributed by atoms with Gasteiger partial charge in [-0.25, -0.2) is 9.59 Å². The lowest BCUT2D eigenvalue weighted by molar-refractivity contribution is -0.145. The van der Waals surface area contributed by atoms with Crippen molar-refractivity contribution in [2.45, 2.75) is 45.3 Å². The van der Waals surface area contributed by atoms with Crippen molar-refractivity contribution < 1.29 is 24.5 Å². The number of likely N-dealkylation sites (tertiary alicyclic amines) is 1. The molecule has 1 aliphatic rings. The van der Waals surface area contributed by atoms with Crippen LogP contribution in [0.2, 0.25) is 0 Å². The van der Waals surface area contributed by atoms with E-state index < -0.39 is 11.6 Å². The molecule has 1 rings (SSSR count). The van der Waals surface area contributed by atoms with Crippen molar-refractivity contribution in [3.63, 3.8) is 0 Å². The summed E-state index contributed by atoms with van der Waals surface area (Å²) in [5.74, 6) is -0.976. The summed E-state index contributed by atoms with van der Waals surface area (Å²) in [5, 5.41) is 18.4. The summed E-state index contributed by atoms with van der Waals surface area (Å²) in [5.41, 5.74) is -0.922. The molecule has 0 aromatic carbocycles. The average molecular weight is 302 g/mol. The first-order valence-electron chi connectivity index (χ1n) is 7.32. The molecule has 0 unspecified atom stereocenters. The zero-order valence-electron chi connectivity index (χ0n) is 13.0. The van der Waals surface area contributed by atoms with Crippen molar-refractivity contribution in [3.05, 3.63) is 0 Å². The molecule has 0 bridgehead atoms. The predicted molar refractivity (Wildman–Crippen MR) is 77.1 cm³/mol. The number of urea groups is 1. The number of likely N-dealkylation sites (N-methyl/N-ethyl adjacent to an activating group) is 1. The molecular weight excluding hydrogens is 276 g/mol. The molecule has 0 aromatic rings. The highest BCUT2D eigenvalue weighted by atomic mass is 16.5. The Morgan fingerprint density at radius 3 is 2.33 bits per heavy atom. The number of aliphatic carboxylic acids is 1. The number of carbonyl (C=O) groups is 2. The number of hydrogen-bond donors (Lipinski definition) is 2. The number of amides is 2. The highest BCUT2D eigenvalue weighted by molar-refractivity contribution is 5.74.